The Balaban J connectivity index is 1.71. The number of nitrogens with zero attached hydrogens (tertiary/aromatic N) is 4. The summed E-state index contributed by atoms with van der Waals surface area (Å²) >= 11 is 1.50. The molecule has 1 N–H and O–H groups in total. The molecule has 0 spiro atoms. The molecular formula is C15H21N5OS. The van der Waals surface area contributed by atoms with E-state index in [4.69, 9.17) is 0 Å². The third-order valence-electron chi connectivity index (χ3n) is 4.12. The molecule has 0 radical (unpaired) electrons. The number of likely N-dealkylation sites (tertiary alicyclic amines) is 1. The lowest BCUT2D eigenvalue weighted by Crippen LogP contribution is -2.34. The van der Waals surface area contributed by atoms with E-state index < -0.39 is 0 Å². The number of aromatic amines is 1. The maximum Gasteiger partial charge on any atom is 0.250 e. The molecule has 2 aromatic rings. The fraction of sp³-hybridized carbons (Fsp3) is 0.600. The molecular weight excluding hydrogens is 298 g/mol. The number of piperidine rings is 1. The summed E-state index contributed by atoms with van der Waals surface area (Å²) in [7, 11) is 0. The van der Waals surface area contributed by atoms with Gasteiger partial charge in [0.2, 0.25) is 0 Å². The molecule has 1 unspecified atom stereocenters. The highest BCUT2D eigenvalue weighted by Gasteiger charge is 2.24. The van der Waals surface area contributed by atoms with Gasteiger partial charge < -0.3 is 4.98 Å². The highest BCUT2D eigenvalue weighted by atomic mass is 32.1. The van der Waals surface area contributed by atoms with E-state index in [-0.39, 0.29) is 5.56 Å². The summed E-state index contributed by atoms with van der Waals surface area (Å²) in [6, 6.07) is 1.63. The number of aromatic nitrogens is 4. The van der Waals surface area contributed by atoms with Crippen LogP contribution in [0.5, 0.6) is 0 Å². The zero-order valence-corrected chi connectivity index (χ0v) is 13.8. The Morgan fingerprint density at radius 1 is 1.50 bits per heavy atom. The van der Waals surface area contributed by atoms with Gasteiger partial charge in [0.05, 0.1) is 22.6 Å². The topological polar surface area (TPSA) is 74.8 Å². The van der Waals surface area contributed by atoms with Crippen LogP contribution in [0.25, 0.3) is 0 Å². The molecule has 1 aliphatic heterocycles. The van der Waals surface area contributed by atoms with Gasteiger partial charge >= 0.3 is 0 Å². The van der Waals surface area contributed by atoms with Crippen LogP contribution in [0, 0.1) is 0 Å². The van der Waals surface area contributed by atoms with E-state index in [9.17, 15) is 4.79 Å². The van der Waals surface area contributed by atoms with E-state index in [0.717, 1.165) is 43.9 Å². The average molecular weight is 319 g/mol. The molecule has 0 bridgehead atoms. The van der Waals surface area contributed by atoms with Crippen LogP contribution in [0.4, 0.5) is 0 Å². The molecule has 0 aromatic carbocycles. The van der Waals surface area contributed by atoms with Gasteiger partial charge in [0, 0.05) is 25.1 Å². The zero-order chi connectivity index (χ0) is 15.5. The lowest BCUT2D eigenvalue weighted by molar-refractivity contribution is 0.199. The molecule has 1 fully saturated rings. The average Bonchev–Trinajstić information content (AvgIpc) is 2.96. The Labute approximate surface area is 133 Å². The summed E-state index contributed by atoms with van der Waals surface area (Å²) in [5.74, 6) is 0.739. The molecule has 0 saturated carbocycles. The largest absolute Gasteiger partial charge is 0.313 e. The van der Waals surface area contributed by atoms with E-state index in [2.05, 4.69) is 38.3 Å². The van der Waals surface area contributed by atoms with Gasteiger partial charge in [-0.3, -0.25) is 9.69 Å². The minimum atomic E-state index is -0.0733. The third-order valence-corrected chi connectivity index (χ3v) is 4.84. The molecule has 0 aliphatic carbocycles. The lowest BCUT2D eigenvalue weighted by Gasteiger charge is -2.32. The van der Waals surface area contributed by atoms with E-state index in [0.29, 0.717) is 11.8 Å². The molecule has 22 heavy (non-hydrogen) atoms. The molecule has 7 heteroatoms. The van der Waals surface area contributed by atoms with E-state index in [1.165, 1.54) is 22.7 Å². The van der Waals surface area contributed by atoms with Crippen molar-refractivity contribution in [2.45, 2.75) is 45.1 Å². The summed E-state index contributed by atoms with van der Waals surface area (Å²) in [4.78, 5) is 22.1. The van der Waals surface area contributed by atoms with Crippen LogP contribution in [-0.4, -0.2) is 37.5 Å². The first-order valence-electron chi connectivity index (χ1n) is 7.71. The second-order valence-corrected chi connectivity index (χ2v) is 6.98. The molecule has 3 heterocycles. The smallest absolute Gasteiger partial charge is 0.250 e. The normalized spacial score (nSPS) is 19.7. The van der Waals surface area contributed by atoms with Gasteiger partial charge in [-0.2, -0.15) is 0 Å². The molecule has 1 saturated heterocycles. The van der Waals surface area contributed by atoms with Gasteiger partial charge in [-0.25, -0.2) is 4.98 Å². The van der Waals surface area contributed by atoms with Crippen molar-refractivity contribution in [3.8, 4) is 0 Å². The van der Waals surface area contributed by atoms with Crippen LogP contribution in [0.3, 0.4) is 0 Å². The standard InChI is InChI=1S/C15H21N5OS/c1-10(2)15-13(22-19-18-15)8-20-5-3-4-11(7-20)12-6-14(21)17-9-16-12/h6,9-11H,3-5,7-8H2,1-2H3,(H,16,17,21). The second kappa shape index (κ2) is 6.66. The first-order valence-corrected chi connectivity index (χ1v) is 8.49. The molecule has 6 nitrogen and oxygen atoms in total. The van der Waals surface area contributed by atoms with Crippen molar-refractivity contribution < 1.29 is 0 Å². The van der Waals surface area contributed by atoms with Crippen LogP contribution < -0.4 is 5.56 Å². The lowest BCUT2D eigenvalue weighted by atomic mass is 9.94. The fourth-order valence-electron chi connectivity index (χ4n) is 3.01. The fourth-order valence-corrected chi connectivity index (χ4v) is 3.85. The van der Waals surface area contributed by atoms with Crippen molar-refractivity contribution in [3.05, 3.63) is 39.0 Å². The maximum absolute atomic E-state index is 11.5. The highest BCUT2D eigenvalue weighted by molar-refractivity contribution is 7.05. The van der Waals surface area contributed by atoms with Crippen molar-refractivity contribution in [2.75, 3.05) is 13.1 Å². The van der Waals surface area contributed by atoms with Crippen LogP contribution >= 0.6 is 11.5 Å². The quantitative estimate of drug-likeness (QED) is 0.934. The summed E-state index contributed by atoms with van der Waals surface area (Å²) in [6.45, 7) is 7.21. The number of nitrogens with one attached hydrogen (secondary N) is 1. The summed E-state index contributed by atoms with van der Waals surface area (Å²) in [5, 5.41) is 4.25. The minimum Gasteiger partial charge on any atom is -0.313 e. The Morgan fingerprint density at radius 2 is 2.36 bits per heavy atom. The molecule has 1 atom stereocenters. The monoisotopic (exact) mass is 319 g/mol. The van der Waals surface area contributed by atoms with Crippen LogP contribution in [0.15, 0.2) is 17.2 Å². The summed E-state index contributed by atoms with van der Waals surface area (Å²) < 4.78 is 4.10. The van der Waals surface area contributed by atoms with Gasteiger partial charge in [0.1, 0.15) is 0 Å². The summed E-state index contributed by atoms with van der Waals surface area (Å²) in [5.41, 5.74) is 1.94. The predicted octanol–water partition coefficient (Wildman–Crippen LogP) is 2.12. The SMILES string of the molecule is CC(C)c1nnsc1CN1CCCC(c2cc(=O)[nH]cn2)C1. The van der Waals surface area contributed by atoms with Gasteiger partial charge in [-0.15, -0.1) is 5.10 Å². The molecule has 1 aliphatic rings. The van der Waals surface area contributed by atoms with Crippen molar-refractivity contribution in [3.63, 3.8) is 0 Å². The van der Waals surface area contributed by atoms with Gasteiger partial charge in [-0.05, 0) is 36.8 Å². The van der Waals surface area contributed by atoms with Gasteiger partial charge in [0.25, 0.3) is 5.56 Å². The minimum absolute atomic E-state index is 0.0733. The highest BCUT2D eigenvalue weighted by Crippen LogP contribution is 2.28. The van der Waals surface area contributed by atoms with Crippen LogP contribution in [0.2, 0.25) is 0 Å². The first-order chi connectivity index (χ1) is 10.6. The van der Waals surface area contributed by atoms with Crippen molar-refractivity contribution in [2.24, 2.45) is 0 Å². The van der Waals surface area contributed by atoms with Gasteiger partial charge in [0.15, 0.2) is 0 Å². The predicted molar refractivity (Wildman–Crippen MR) is 86.1 cm³/mol. The molecule has 2 aromatic heterocycles. The molecule has 118 valence electrons. The maximum atomic E-state index is 11.5. The van der Waals surface area contributed by atoms with E-state index >= 15 is 0 Å². The number of rotatable bonds is 4. The van der Waals surface area contributed by atoms with Crippen molar-refractivity contribution in [1.82, 2.24) is 24.5 Å². The van der Waals surface area contributed by atoms with Crippen molar-refractivity contribution >= 4 is 11.5 Å². The second-order valence-electron chi connectivity index (χ2n) is 6.15. The van der Waals surface area contributed by atoms with E-state index in [1.54, 1.807) is 6.07 Å². The van der Waals surface area contributed by atoms with Crippen LogP contribution in [0.1, 0.15) is 54.8 Å². The zero-order valence-electron chi connectivity index (χ0n) is 13.0. The number of H-pyrrole nitrogens is 1. The van der Waals surface area contributed by atoms with Crippen molar-refractivity contribution in [1.29, 1.82) is 0 Å². The van der Waals surface area contributed by atoms with E-state index in [1.807, 2.05) is 0 Å². The van der Waals surface area contributed by atoms with Crippen LogP contribution in [-0.2, 0) is 6.54 Å². The molecule has 3 rings (SSSR count). The first kappa shape index (κ1) is 15.3. The Morgan fingerprint density at radius 3 is 3.14 bits per heavy atom. The molecule has 0 amide bonds. The number of hydrogen-bond donors (Lipinski definition) is 1. The van der Waals surface area contributed by atoms with Gasteiger partial charge in [-0.1, -0.05) is 18.3 Å². The Hall–Kier alpha value is -1.60. The summed E-state index contributed by atoms with van der Waals surface area (Å²) in [6.07, 6.45) is 3.72. The Kier molecular flexibility index (Phi) is 4.63. The third kappa shape index (κ3) is 3.41. The number of hydrogen-bond acceptors (Lipinski definition) is 6. The Bertz CT molecular complexity index is 680.